The fraction of sp³-hybridized carbons (Fsp3) is 1.00. The molecule has 0 heterocycles. The first-order valence-electron chi connectivity index (χ1n) is 5.49. The maximum Gasteiger partial charge on any atom is 0.0465 e. The van der Waals surface area contributed by atoms with Gasteiger partial charge in [0.2, 0.25) is 0 Å². The average Bonchev–Trinajstić information content (AvgIpc) is 2.10. The van der Waals surface area contributed by atoms with Crippen LogP contribution in [0.15, 0.2) is 0 Å². The minimum Gasteiger partial charge on any atom is -0.382 e. The second-order valence-electron chi connectivity index (χ2n) is 3.32. The van der Waals surface area contributed by atoms with E-state index in [-0.39, 0.29) is 0 Å². The van der Waals surface area contributed by atoms with Gasteiger partial charge in [0.1, 0.15) is 0 Å². The standard InChI is InChI=1S/C11H24O/c1-3-5-6-7-8-9-10-11-12-4-2/h3-11H2,1-2H3. The van der Waals surface area contributed by atoms with Crippen molar-refractivity contribution in [3.8, 4) is 0 Å². The van der Waals surface area contributed by atoms with Gasteiger partial charge in [0.15, 0.2) is 0 Å². The van der Waals surface area contributed by atoms with Crippen molar-refractivity contribution in [1.29, 1.82) is 0 Å². The van der Waals surface area contributed by atoms with Crippen molar-refractivity contribution in [3.05, 3.63) is 0 Å². The normalized spacial score (nSPS) is 10.5. The summed E-state index contributed by atoms with van der Waals surface area (Å²) >= 11 is 0. The predicted octanol–water partition coefficient (Wildman–Crippen LogP) is 3.77. The van der Waals surface area contributed by atoms with Crippen molar-refractivity contribution in [2.45, 2.75) is 58.8 Å². The summed E-state index contributed by atoms with van der Waals surface area (Å²) in [6.45, 7) is 6.15. The molecule has 0 spiro atoms. The third-order valence-electron chi connectivity index (χ3n) is 2.10. The maximum atomic E-state index is 5.26. The van der Waals surface area contributed by atoms with Crippen molar-refractivity contribution < 1.29 is 4.74 Å². The van der Waals surface area contributed by atoms with Crippen LogP contribution in [-0.4, -0.2) is 13.2 Å². The molecule has 0 rings (SSSR count). The molecule has 0 radical (unpaired) electrons. The number of unbranched alkanes of at least 4 members (excludes halogenated alkanes) is 6. The number of ether oxygens (including phenoxy) is 1. The number of hydrogen-bond donors (Lipinski definition) is 0. The number of rotatable bonds is 9. The molecule has 74 valence electrons. The Labute approximate surface area is 77.5 Å². The molecule has 0 aromatic carbocycles. The second-order valence-corrected chi connectivity index (χ2v) is 3.32. The molecule has 0 fully saturated rings. The first kappa shape index (κ1) is 12.0. The van der Waals surface area contributed by atoms with E-state index in [1.807, 2.05) is 0 Å². The van der Waals surface area contributed by atoms with E-state index >= 15 is 0 Å². The van der Waals surface area contributed by atoms with Crippen LogP contribution in [0.1, 0.15) is 58.8 Å². The first-order chi connectivity index (χ1) is 5.91. The molecular formula is C11H24O. The molecule has 0 N–H and O–H groups in total. The summed E-state index contributed by atoms with van der Waals surface area (Å²) in [4.78, 5) is 0. The minimum atomic E-state index is 0.871. The van der Waals surface area contributed by atoms with E-state index in [2.05, 4.69) is 13.8 Å². The van der Waals surface area contributed by atoms with Gasteiger partial charge >= 0.3 is 0 Å². The van der Waals surface area contributed by atoms with Gasteiger partial charge in [-0.1, -0.05) is 45.4 Å². The molecule has 0 bridgehead atoms. The van der Waals surface area contributed by atoms with Crippen LogP contribution in [0, 0.1) is 0 Å². The van der Waals surface area contributed by atoms with Crippen molar-refractivity contribution >= 4 is 0 Å². The van der Waals surface area contributed by atoms with Gasteiger partial charge in [-0.05, 0) is 13.3 Å². The summed E-state index contributed by atoms with van der Waals surface area (Å²) < 4.78 is 5.26. The van der Waals surface area contributed by atoms with Crippen molar-refractivity contribution in [2.75, 3.05) is 13.2 Å². The molecule has 0 unspecified atom stereocenters. The molecule has 0 aliphatic carbocycles. The lowest BCUT2D eigenvalue weighted by atomic mass is 10.1. The van der Waals surface area contributed by atoms with Gasteiger partial charge in [-0.3, -0.25) is 0 Å². The van der Waals surface area contributed by atoms with E-state index in [1.165, 1.54) is 44.9 Å². The van der Waals surface area contributed by atoms with Gasteiger partial charge in [0, 0.05) is 13.2 Å². The zero-order valence-corrected chi connectivity index (χ0v) is 8.77. The molecule has 0 saturated carbocycles. The van der Waals surface area contributed by atoms with E-state index in [0.717, 1.165) is 13.2 Å². The van der Waals surface area contributed by atoms with Crippen LogP contribution < -0.4 is 0 Å². The second kappa shape index (κ2) is 11.0. The Bertz CT molecular complexity index is 61.4. The van der Waals surface area contributed by atoms with Crippen molar-refractivity contribution in [2.24, 2.45) is 0 Å². The summed E-state index contributed by atoms with van der Waals surface area (Å²) in [6, 6.07) is 0. The molecule has 1 nitrogen and oxygen atoms in total. The monoisotopic (exact) mass is 172 g/mol. The van der Waals surface area contributed by atoms with Crippen LogP contribution in [0.5, 0.6) is 0 Å². The number of hydrogen-bond acceptors (Lipinski definition) is 1. The van der Waals surface area contributed by atoms with Crippen LogP contribution in [0.25, 0.3) is 0 Å². The largest absolute Gasteiger partial charge is 0.382 e. The Morgan fingerprint density at radius 1 is 0.750 bits per heavy atom. The van der Waals surface area contributed by atoms with Crippen LogP contribution in [0.2, 0.25) is 0 Å². The lowest BCUT2D eigenvalue weighted by Gasteiger charge is -2.01. The summed E-state index contributed by atoms with van der Waals surface area (Å²) in [7, 11) is 0. The molecule has 0 aromatic heterocycles. The van der Waals surface area contributed by atoms with Gasteiger partial charge in [-0.15, -0.1) is 0 Å². The average molecular weight is 172 g/mol. The summed E-state index contributed by atoms with van der Waals surface area (Å²) in [5.41, 5.74) is 0. The Morgan fingerprint density at radius 2 is 1.33 bits per heavy atom. The van der Waals surface area contributed by atoms with Gasteiger partial charge < -0.3 is 4.74 Å². The highest BCUT2D eigenvalue weighted by atomic mass is 16.5. The van der Waals surface area contributed by atoms with E-state index in [1.54, 1.807) is 0 Å². The molecule has 1 heteroatoms. The van der Waals surface area contributed by atoms with Gasteiger partial charge in [0.25, 0.3) is 0 Å². The highest BCUT2D eigenvalue weighted by Crippen LogP contribution is 2.06. The first-order valence-corrected chi connectivity index (χ1v) is 5.49. The van der Waals surface area contributed by atoms with Crippen LogP contribution in [-0.2, 0) is 4.74 Å². The SMILES string of the molecule is CCCCCCCCCOCC. The minimum absolute atomic E-state index is 0.871. The fourth-order valence-corrected chi connectivity index (χ4v) is 1.31. The van der Waals surface area contributed by atoms with Crippen LogP contribution in [0.4, 0.5) is 0 Å². The Hall–Kier alpha value is -0.0400. The third-order valence-corrected chi connectivity index (χ3v) is 2.10. The Morgan fingerprint density at radius 3 is 1.92 bits per heavy atom. The smallest absolute Gasteiger partial charge is 0.0465 e. The van der Waals surface area contributed by atoms with E-state index < -0.39 is 0 Å². The highest BCUT2D eigenvalue weighted by Gasteiger charge is 1.89. The van der Waals surface area contributed by atoms with Crippen LogP contribution >= 0.6 is 0 Å². The molecular weight excluding hydrogens is 148 g/mol. The zero-order chi connectivity index (χ0) is 9.07. The van der Waals surface area contributed by atoms with Crippen LogP contribution in [0.3, 0.4) is 0 Å². The zero-order valence-electron chi connectivity index (χ0n) is 8.77. The quantitative estimate of drug-likeness (QED) is 0.481. The van der Waals surface area contributed by atoms with Gasteiger partial charge in [-0.2, -0.15) is 0 Å². The third kappa shape index (κ3) is 9.96. The van der Waals surface area contributed by atoms with Crippen molar-refractivity contribution in [3.63, 3.8) is 0 Å². The fourth-order valence-electron chi connectivity index (χ4n) is 1.31. The summed E-state index contributed by atoms with van der Waals surface area (Å²) in [5.74, 6) is 0. The van der Waals surface area contributed by atoms with E-state index in [4.69, 9.17) is 4.74 Å². The highest BCUT2D eigenvalue weighted by molar-refractivity contribution is 4.44. The summed E-state index contributed by atoms with van der Waals surface area (Å²) in [6.07, 6.45) is 9.59. The lowest BCUT2D eigenvalue weighted by Crippen LogP contribution is -1.92. The molecule has 12 heavy (non-hydrogen) atoms. The van der Waals surface area contributed by atoms with Gasteiger partial charge in [0.05, 0.1) is 0 Å². The Balaban J connectivity index is 2.73. The molecule has 0 aliphatic heterocycles. The maximum absolute atomic E-state index is 5.26. The molecule has 0 aromatic rings. The molecule has 0 saturated heterocycles. The Kier molecular flexibility index (Phi) is 10.9. The topological polar surface area (TPSA) is 9.23 Å². The molecule has 0 aliphatic rings. The summed E-state index contributed by atoms with van der Waals surface area (Å²) in [5, 5.41) is 0. The van der Waals surface area contributed by atoms with Crippen molar-refractivity contribution in [1.82, 2.24) is 0 Å². The predicted molar refractivity (Wildman–Crippen MR) is 54.5 cm³/mol. The lowest BCUT2D eigenvalue weighted by molar-refractivity contribution is 0.143. The van der Waals surface area contributed by atoms with Gasteiger partial charge in [-0.25, -0.2) is 0 Å². The van der Waals surface area contributed by atoms with E-state index in [0.29, 0.717) is 0 Å². The molecule has 0 atom stereocenters. The molecule has 0 amide bonds. The van der Waals surface area contributed by atoms with E-state index in [9.17, 15) is 0 Å².